The standard InChI is InChI=1S/C25H25N3O2S/c29-23(30)20-14-17-16-10-4-5-11-18(16)26-22(17)25(28-20,15-8-2-1-3-9-15)24-27-19-12-6-7-13-21(19)31-24/h4-7,10-13,15,20,26,28H,1-3,8-9,14H2,(H,29,30)/t20-,25+/m1/s1. The van der Waals surface area contributed by atoms with Crippen LogP contribution in [0.5, 0.6) is 0 Å². The summed E-state index contributed by atoms with van der Waals surface area (Å²) in [7, 11) is 0. The lowest BCUT2D eigenvalue weighted by Crippen LogP contribution is -2.60. The number of carboxylic acids is 1. The number of rotatable bonds is 3. The molecule has 3 N–H and O–H groups in total. The first kappa shape index (κ1) is 19.0. The highest BCUT2D eigenvalue weighted by atomic mass is 32.1. The molecule has 2 atom stereocenters. The fraction of sp³-hybridized carbons (Fsp3) is 0.360. The third-order valence-electron chi connectivity index (χ3n) is 7.16. The lowest BCUT2D eigenvalue weighted by molar-refractivity contribution is -0.140. The number of aromatic nitrogens is 2. The van der Waals surface area contributed by atoms with Gasteiger partial charge in [-0.05, 0) is 42.5 Å². The number of nitrogens with one attached hydrogen (secondary N) is 2. The van der Waals surface area contributed by atoms with E-state index in [0.717, 1.165) is 50.2 Å². The number of fused-ring (bicyclic) bond motifs is 4. The molecule has 0 saturated heterocycles. The molecule has 1 aliphatic heterocycles. The van der Waals surface area contributed by atoms with Crippen molar-refractivity contribution in [2.45, 2.75) is 50.1 Å². The minimum Gasteiger partial charge on any atom is -0.480 e. The largest absolute Gasteiger partial charge is 0.480 e. The van der Waals surface area contributed by atoms with Gasteiger partial charge in [-0.3, -0.25) is 10.1 Å². The number of aliphatic carboxylic acids is 1. The molecule has 1 saturated carbocycles. The number of para-hydroxylation sites is 2. The molecule has 0 amide bonds. The molecule has 2 aromatic heterocycles. The van der Waals surface area contributed by atoms with Crippen LogP contribution in [-0.2, 0) is 16.8 Å². The molecule has 6 rings (SSSR count). The first-order chi connectivity index (χ1) is 15.2. The van der Waals surface area contributed by atoms with Gasteiger partial charge in [0.25, 0.3) is 0 Å². The second-order valence-corrected chi connectivity index (χ2v) is 9.92. The van der Waals surface area contributed by atoms with E-state index in [1.54, 1.807) is 11.3 Å². The number of carboxylic acid groups (broad SMARTS) is 1. The number of H-pyrrole nitrogens is 1. The van der Waals surface area contributed by atoms with Gasteiger partial charge in [0.15, 0.2) is 0 Å². The predicted molar refractivity (Wildman–Crippen MR) is 124 cm³/mol. The summed E-state index contributed by atoms with van der Waals surface area (Å²) < 4.78 is 1.14. The summed E-state index contributed by atoms with van der Waals surface area (Å²) in [5.41, 5.74) is 3.69. The van der Waals surface area contributed by atoms with Crippen LogP contribution in [0.1, 0.15) is 48.4 Å². The molecule has 0 radical (unpaired) electrons. The van der Waals surface area contributed by atoms with Crippen LogP contribution >= 0.6 is 11.3 Å². The molecule has 158 valence electrons. The summed E-state index contributed by atoms with van der Waals surface area (Å²) in [6, 6.07) is 15.8. The van der Waals surface area contributed by atoms with Gasteiger partial charge in [-0.15, -0.1) is 11.3 Å². The zero-order valence-electron chi connectivity index (χ0n) is 17.2. The zero-order chi connectivity index (χ0) is 21.0. The molecule has 0 spiro atoms. The van der Waals surface area contributed by atoms with Crippen molar-refractivity contribution in [3.8, 4) is 0 Å². The Morgan fingerprint density at radius 3 is 2.65 bits per heavy atom. The van der Waals surface area contributed by atoms with Crippen LogP contribution < -0.4 is 5.32 Å². The van der Waals surface area contributed by atoms with E-state index in [1.807, 2.05) is 30.3 Å². The molecule has 31 heavy (non-hydrogen) atoms. The van der Waals surface area contributed by atoms with Crippen LogP contribution in [0.3, 0.4) is 0 Å². The van der Waals surface area contributed by atoms with Crippen molar-refractivity contribution in [3.05, 3.63) is 64.8 Å². The predicted octanol–water partition coefficient (Wildman–Crippen LogP) is 5.20. The first-order valence-corrected chi connectivity index (χ1v) is 11.9. The second-order valence-electron chi connectivity index (χ2n) is 8.89. The van der Waals surface area contributed by atoms with Crippen molar-refractivity contribution < 1.29 is 9.90 Å². The SMILES string of the molecule is O=C(O)[C@H]1Cc2c([nH]c3ccccc23)[C@](c2nc3ccccc3s2)(C2CCCCC2)N1. The quantitative estimate of drug-likeness (QED) is 0.417. The van der Waals surface area contributed by atoms with E-state index in [1.165, 1.54) is 19.3 Å². The summed E-state index contributed by atoms with van der Waals surface area (Å²) in [6.45, 7) is 0. The lowest BCUT2D eigenvalue weighted by atomic mass is 9.69. The van der Waals surface area contributed by atoms with E-state index in [4.69, 9.17) is 4.98 Å². The molecule has 2 aromatic carbocycles. The molecule has 1 fully saturated rings. The van der Waals surface area contributed by atoms with Crippen molar-refractivity contribution in [3.63, 3.8) is 0 Å². The summed E-state index contributed by atoms with van der Waals surface area (Å²) >= 11 is 1.70. The zero-order valence-corrected chi connectivity index (χ0v) is 18.0. The van der Waals surface area contributed by atoms with Gasteiger partial charge in [0.1, 0.15) is 16.6 Å². The molecule has 0 bridgehead atoms. The molecular formula is C25H25N3O2S. The van der Waals surface area contributed by atoms with E-state index in [9.17, 15) is 9.90 Å². The van der Waals surface area contributed by atoms with Crippen molar-refractivity contribution in [2.24, 2.45) is 5.92 Å². The average Bonchev–Trinajstić information content (AvgIpc) is 3.41. The molecule has 0 unspecified atom stereocenters. The Morgan fingerprint density at radius 2 is 1.84 bits per heavy atom. The van der Waals surface area contributed by atoms with E-state index in [0.29, 0.717) is 12.3 Å². The molecule has 1 aliphatic carbocycles. The number of aromatic amines is 1. The molecule has 6 heteroatoms. The van der Waals surface area contributed by atoms with E-state index in [2.05, 4.69) is 28.5 Å². The molecule has 3 heterocycles. The Hall–Kier alpha value is -2.70. The molecular weight excluding hydrogens is 406 g/mol. The highest BCUT2D eigenvalue weighted by Crippen LogP contribution is 2.50. The van der Waals surface area contributed by atoms with Gasteiger partial charge in [-0.1, -0.05) is 49.6 Å². The van der Waals surface area contributed by atoms with Crippen LogP contribution in [0.2, 0.25) is 0 Å². The van der Waals surface area contributed by atoms with Gasteiger partial charge in [-0.2, -0.15) is 0 Å². The average molecular weight is 432 g/mol. The van der Waals surface area contributed by atoms with Crippen molar-refractivity contribution in [2.75, 3.05) is 0 Å². The Morgan fingerprint density at radius 1 is 1.06 bits per heavy atom. The van der Waals surface area contributed by atoms with Gasteiger partial charge >= 0.3 is 5.97 Å². The number of hydrogen-bond acceptors (Lipinski definition) is 4. The topological polar surface area (TPSA) is 78.0 Å². The number of carbonyl (C=O) groups is 1. The van der Waals surface area contributed by atoms with Crippen LogP contribution in [0, 0.1) is 5.92 Å². The van der Waals surface area contributed by atoms with Gasteiger partial charge in [0.2, 0.25) is 0 Å². The van der Waals surface area contributed by atoms with Crippen LogP contribution in [0.4, 0.5) is 0 Å². The first-order valence-electron chi connectivity index (χ1n) is 11.1. The maximum absolute atomic E-state index is 12.3. The highest BCUT2D eigenvalue weighted by Gasteiger charge is 2.52. The highest BCUT2D eigenvalue weighted by molar-refractivity contribution is 7.18. The summed E-state index contributed by atoms with van der Waals surface area (Å²) in [5, 5.41) is 15.9. The number of hydrogen-bond donors (Lipinski definition) is 3. The van der Waals surface area contributed by atoms with E-state index < -0.39 is 17.6 Å². The molecule has 4 aromatic rings. The summed E-state index contributed by atoms with van der Waals surface area (Å²) in [5.74, 6) is -0.493. The van der Waals surface area contributed by atoms with Gasteiger partial charge < -0.3 is 10.1 Å². The van der Waals surface area contributed by atoms with Crippen LogP contribution in [0.25, 0.3) is 21.1 Å². The normalized spacial score (nSPS) is 24.5. The Balaban J connectivity index is 1.67. The third kappa shape index (κ3) is 2.85. The fourth-order valence-electron chi connectivity index (χ4n) is 5.74. The van der Waals surface area contributed by atoms with Gasteiger partial charge in [0, 0.05) is 23.0 Å². The fourth-order valence-corrected chi connectivity index (χ4v) is 6.95. The number of benzene rings is 2. The van der Waals surface area contributed by atoms with Crippen LogP contribution in [-0.4, -0.2) is 27.1 Å². The van der Waals surface area contributed by atoms with Gasteiger partial charge in [-0.25, -0.2) is 4.98 Å². The lowest BCUT2D eigenvalue weighted by Gasteiger charge is -2.46. The van der Waals surface area contributed by atoms with Crippen molar-refractivity contribution in [1.29, 1.82) is 0 Å². The van der Waals surface area contributed by atoms with Crippen molar-refractivity contribution in [1.82, 2.24) is 15.3 Å². The summed E-state index contributed by atoms with van der Waals surface area (Å²) in [4.78, 5) is 21.1. The minimum atomic E-state index is -0.794. The van der Waals surface area contributed by atoms with E-state index in [-0.39, 0.29) is 0 Å². The van der Waals surface area contributed by atoms with Crippen molar-refractivity contribution >= 4 is 38.4 Å². The monoisotopic (exact) mass is 431 g/mol. The number of thiazole rings is 1. The molecule has 5 nitrogen and oxygen atoms in total. The smallest absolute Gasteiger partial charge is 0.321 e. The maximum atomic E-state index is 12.3. The summed E-state index contributed by atoms with van der Waals surface area (Å²) in [6.07, 6.45) is 6.22. The second kappa shape index (κ2) is 7.18. The van der Waals surface area contributed by atoms with Crippen LogP contribution in [0.15, 0.2) is 48.5 Å². The Bertz CT molecular complexity index is 1250. The third-order valence-corrected chi connectivity index (χ3v) is 8.34. The Kier molecular flexibility index (Phi) is 4.40. The number of nitrogens with zero attached hydrogens (tertiary/aromatic N) is 1. The molecule has 2 aliphatic rings. The van der Waals surface area contributed by atoms with Gasteiger partial charge in [0.05, 0.1) is 10.2 Å². The van der Waals surface area contributed by atoms with E-state index >= 15 is 0 Å². The Labute approximate surface area is 184 Å². The maximum Gasteiger partial charge on any atom is 0.321 e. The minimum absolute atomic E-state index is 0.302.